The standard InChI is InChI=1S/C47H89NO2/c1-37(2)17-11-19-39(5)21-13-23-41(7)25-15-27-43(9)31-33-49-46-30-29-45(36-48)47(35-46)50-34-32-44(10)28-16-26-42(8)24-14-22-40(6)20-12-18-38(3)4/h29-30,35,37-44H,11-28,31-34,36,48H2,1-10H3/t39-,40-,41-,42-,43?,44?/m1/s1. The lowest BCUT2D eigenvalue weighted by atomic mass is 9.91. The van der Waals surface area contributed by atoms with Crippen LogP contribution < -0.4 is 15.2 Å². The molecule has 294 valence electrons. The van der Waals surface area contributed by atoms with Gasteiger partial charge in [-0.1, -0.05) is 191 Å². The lowest BCUT2D eigenvalue weighted by Gasteiger charge is -2.18. The average molecular weight is 700 g/mol. The van der Waals surface area contributed by atoms with Gasteiger partial charge in [-0.2, -0.15) is 0 Å². The van der Waals surface area contributed by atoms with Gasteiger partial charge in [-0.25, -0.2) is 0 Å². The first kappa shape index (κ1) is 46.8. The van der Waals surface area contributed by atoms with Gasteiger partial charge in [0.15, 0.2) is 0 Å². The first-order valence-corrected chi connectivity index (χ1v) is 22.0. The molecule has 0 saturated heterocycles. The summed E-state index contributed by atoms with van der Waals surface area (Å²) in [6.45, 7) is 26.0. The summed E-state index contributed by atoms with van der Waals surface area (Å²) in [5, 5.41) is 0. The lowest BCUT2D eigenvalue weighted by Crippen LogP contribution is -2.09. The van der Waals surface area contributed by atoms with Crippen LogP contribution in [-0.2, 0) is 6.54 Å². The van der Waals surface area contributed by atoms with Crippen molar-refractivity contribution in [3.05, 3.63) is 23.8 Å². The molecule has 0 heterocycles. The molecule has 3 nitrogen and oxygen atoms in total. The monoisotopic (exact) mass is 700 g/mol. The molecule has 0 bridgehead atoms. The first-order valence-electron chi connectivity index (χ1n) is 22.0. The maximum Gasteiger partial charge on any atom is 0.127 e. The van der Waals surface area contributed by atoms with Crippen LogP contribution in [-0.4, -0.2) is 13.2 Å². The van der Waals surface area contributed by atoms with E-state index in [1.807, 2.05) is 0 Å². The van der Waals surface area contributed by atoms with Crippen molar-refractivity contribution in [2.24, 2.45) is 53.1 Å². The number of hydrogen-bond donors (Lipinski definition) is 1. The van der Waals surface area contributed by atoms with Crippen LogP contribution in [0.5, 0.6) is 11.5 Å². The van der Waals surface area contributed by atoms with Crippen molar-refractivity contribution in [1.29, 1.82) is 0 Å². The van der Waals surface area contributed by atoms with E-state index in [2.05, 4.69) is 87.4 Å². The quantitative estimate of drug-likeness (QED) is 0.0794. The summed E-state index contributed by atoms with van der Waals surface area (Å²) in [6.07, 6.45) is 27.0. The van der Waals surface area contributed by atoms with Crippen LogP contribution in [0.25, 0.3) is 0 Å². The number of benzene rings is 1. The van der Waals surface area contributed by atoms with E-state index in [-0.39, 0.29) is 0 Å². The Morgan fingerprint density at radius 1 is 0.420 bits per heavy atom. The van der Waals surface area contributed by atoms with E-state index >= 15 is 0 Å². The fourth-order valence-electron chi connectivity index (χ4n) is 7.55. The number of rotatable bonds is 33. The number of ether oxygens (including phenoxy) is 2. The van der Waals surface area contributed by atoms with Crippen LogP contribution in [0.4, 0.5) is 0 Å². The summed E-state index contributed by atoms with van der Waals surface area (Å²) in [6, 6.07) is 6.21. The van der Waals surface area contributed by atoms with Gasteiger partial charge in [0.2, 0.25) is 0 Å². The summed E-state index contributed by atoms with van der Waals surface area (Å²) in [4.78, 5) is 0. The zero-order valence-corrected chi connectivity index (χ0v) is 35.5. The summed E-state index contributed by atoms with van der Waals surface area (Å²) in [5.74, 6) is 8.37. The minimum absolute atomic E-state index is 0.493. The Morgan fingerprint density at radius 2 is 0.740 bits per heavy atom. The summed E-state index contributed by atoms with van der Waals surface area (Å²) in [7, 11) is 0. The molecule has 0 aliphatic rings. The molecule has 1 rings (SSSR count). The highest BCUT2D eigenvalue weighted by Gasteiger charge is 2.12. The highest BCUT2D eigenvalue weighted by molar-refractivity contribution is 5.40. The Hall–Kier alpha value is -1.22. The summed E-state index contributed by atoms with van der Waals surface area (Å²) >= 11 is 0. The van der Waals surface area contributed by atoms with Gasteiger partial charge in [0.1, 0.15) is 11.5 Å². The van der Waals surface area contributed by atoms with Crippen molar-refractivity contribution in [1.82, 2.24) is 0 Å². The van der Waals surface area contributed by atoms with Gasteiger partial charge in [0.25, 0.3) is 0 Å². The molecule has 0 aliphatic carbocycles. The molecule has 0 spiro atoms. The Balaban J connectivity index is 2.22. The molecule has 50 heavy (non-hydrogen) atoms. The van der Waals surface area contributed by atoms with Crippen molar-refractivity contribution < 1.29 is 9.47 Å². The van der Waals surface area contributed by atoms with Gasteiger partial charge in [0, 0.05) is 18.2 Å². The van der Waals surface area contributed by atoms with Crippen LogP contribution in [0, 0.1) is 47.3 Å². The first-order chi connectivity index (χ1) is 23.9. The second-order valence-electron chi connectivity index (χ2n) is 18.3. The minimum Gasteiger partial charge on any atom is -0.493 e. The van der Waals surface area contributed by atoms with Gasteiger partial charge < -0.3 is 15.2 Å². The zero-order valence-electron chi connectivity index (χ0n) is 35.5. The molecule has 2 unspecified atom stereocenters. The van der Waals surface area contributed by atoms with E-state index in [4.69, 9.17) is 15.2 Å². The Bertz CT molecular complexity index is 912. The van der Waals surface area contributed by atoms with E-state index in [9.17, 15) is 0 Å². The number of hydrogen-bond acceptors (Lipinski definition) is 3. The van der Waals surface area contributed by atoms with Gasteiger partial charge in [-0.3, -0.25) is 0 Å². The molecule has 0 aliphatic heterocycles. The van der Waals surface area contributed by atoms with E-state index in [0.29, 0.717) is 18.4 Å². The summed E-state index contributed by atoms with van der Waals surface area (Å²) < 4.78 is 12.5. The molecular weight excluding hydrogens is 611 g/mol. The third-order valence-corrected chi connectivity index (χ3v) is 11.5. The highest BCUT2D eigenvalue weighted by atomic mass is 16.5. The Labute approximate surface area is 314 Å². The third kappa shape index (κ3) is 25.7. The topological polar surface area (TPSA) is 44.5 Å². The zero-order chi connectivity index (χ0) is 37.1. The molecule has 0 amide bonds. The SMILES string of the molecule is CC(C)CCC[C@@H](C)CCC[C@@H](C)CCCC(C)CCOc1ccc(CN)c(OCCC(C)CCC[C@H](C)CCC[C@H](C)CCCC(C)C)c1. The van der Waals surface area contributed by atoms with E-state index in [1.165, 1.54) is 116 Å². The van der Waals surface area contributed by atoms with Gasteiger partial charge in [-0.05, 0) is 66.3 Å². The number of nitrogens with two attached hydrogens (primary N) is 1. The third-order valence-electron chi connectivity index (χ3n) is 11.5. The van der Waals surface area contributed by atoms with Crippen LogP contribution >= 0.6 is 0 Å². The fourth-order valence-corrected chi connectivity index (χ4v) is 7.55. The Morgan fingerprint density at radius 3 is 1.08 bits per heavy atom. The van der Waals surface area contributed by atoms with Crippen LogP contribution in [0.3, 0.4) is 0 Å². The van der Waals surface area contributed by atoms with Crippen LogP contribution in [0.1, 0.15) is 203 Å². The van der Waals surface area contributed by atoms with E-state index in [1.54, 1.807) is 0 Å². The summed E-state index contributed by atoms with van der Waals surface area (Å²) in [5.41, 5.74) is 7.13. The van der Waals surface area contributed by atoms with Crippen molar-refractivity contribution in [2.75, 3.05) is 13.2 Å². The minimum atomic E-state index is 0.493. The van der Waals surface area contributed by atoms with Crippen LogP contribution in [0.15, 0.2) is 18.2 Å². The molecule has 0 radical (unpaired) electrons. The normalized spacial score (nSPS) is 15.6. The van der Waals surface area contributed by atoms with Crippen molar-refractivity contribution in [2.45, 2.75) is 204 Å². The van der Waals surface area contributed by atoms with E-state index in [0.717, 1.165) is 78.6 Å². The smallest absolute Gasteiger partial charge is 0.127 e. The molecule has 0 fully saturated rings. The molecule has 0 aromatic heterocycles. The van der Waals surface area contributed by atoms with Gasteiger partial charge in [0.05, 0.1) is 13.2 Å². The van der Waals surface area contributed by atoms with Crippen molar-refractivity contribution in [3.8, 4) is 11.5 Å². The van der Waals surface area contributed by atoms with Crippen molar-refractivity contribution >= 4 is 0 Å². The lowest BCUT2D eigenvalue weighted by molar-refractivity contribution is 0.261. The average Bonchev–Trinajstić information content (AvgIpc) is 3.04. The molecule has 3 heteroatoms. The molecule has 1 aromatic carbocycles. The maximum absolute atomic E-state index is 6.29. The molecule has 2 N–H and O–H groups in total. The molecule has 1 aromatic rings. The molecule has 0 saturated carbocycles. The fraction of sp³-hybridized carbons (Fsp3) is 0.872. The van der Waals surface area contributed by atoms with Crippen LogP contribution in [0.2, 0.25) is 0 Å². The molecular formula is C47H89NO2. The van der Waals surface area contributed by atoms with Gasteiger partial charge >= 0.3 is 0 Å². The second-order valence-corrected chi connectivity index (χ2v) is 18.3. The molecule has 6 atom stereocenters. The Kier molecular flexibility index (Phi) is 27.4. The second kappa shape index (κ2) is 29.3. The largest absolute Gasteiger partial charge is 0.493 e. The van der Waals surface area contributed by atoms with Gasteiger partial charge in [-0.15, -0.1) is 0 Å². The maximum atomic E-state index is 6.29. The highest BCUT2D eigenvalue weighted by Crippen LogP contribution is 2.28. The predicted octanol–water partition coefficient (Wildman–Crippen LogP) is 14.8. The van der Waals surface area contributed by atoms with E-state index < -0.39 is 0 Å². The predicted molar refractivity (Wildman–Crippen MR) is 222 cm³/mol. The van der Waals surface area contributed by atoms with Crippen molar-refractivity contribution in [3.63, 3.8) is 0 Å².